The van der Waals surface area contributed by atoms with Crippen LogP contribution < -0.4 is 20.9 Å². The first kappa shape index (κ1) is 38.0. The highest BCUT2D eigenvalue weighted by Gasteiger charge is 2.51. The summed E-state index contributed by atoms with van der Waals surface area (Å²) in [5.41, 5.74) is 4.36. The van der Waals surface area contributed by atoms with Crippen LogP contribution in [0.1, 0.15) is 54.4 Å². The molecule has 4 aromatic rings. The van der Waals surface area contributed by atoms with E-state index < -0.39 is 29.9 Å². The molecule has 288 valence electrons. The van der Waals surface area contributed by atoms with Gasteiger partial charge in [-0.15, -0.1) is 0 Å². The molecule has 0 bridgehead atoms. The Hall–Kier alpha value is -5.27. The van der Waals surface area contributed by atoms with Crippen molar-refractivity contribution in [2.45, 2.75) is 62.9 Å². The van der Waals surface area contributed by atoms with Crippen LogP contribution in [0.5, 0.6) is 0 Å². The summed E-state index contributed by atoms with van der Waals surface area (Å²) in [5, 5.41) is 18.4. The van der Waals surface area contributed by atoms with E-state index in [1.165, 1.54) is 7.11 Å². The van der Waals surface area contributed by atoms with Crippen LogP contribution in [0.15, 0.2) is 109 Å². The maximum absolute atomic E-state index is 13.3. The number of urea groups is 1. The van der Waals surface area contributed by atoms with Gasteiger partial charge in [0.05, 0.1) is 32.6 Å². The number of nitrogens with zero attached hydrogens (tertiary/aromatic N) is 2. The van der Waals surface area contributed by atoms with Gasteiger partial charge in [-0.2, -0.15) is 0 Å². The number of piperidine rings is 1. The zero-order valence-electron chi connectivity index (χ0n) is 31.2. The normalized spacial score (nSPS) is 22.8. The zero-order chi connectivity index (χ0) is 38.4. The first-order valence-electron chi connectivity index (χ1n) is 18.9. The maximum Gasteiger partial charge on any atom is 0.328 e. The Bertz CT molecular complexity index is 1920. The number of rotatable bonds is 11. The molecule has 3 aliphatic heterocycles. The van der Waals surface area contributed by atoms with Gasteiger partial charge >= 0.3 is 12.0 Å². The van der Waals surface area contributed by atoms with Crippen molar-refractivity contribution < 1.29 is 33.7 Å². The molecule has 0 aliphatic carbocycles. The predicted octanol–water partition coefficient (Wildman–Crippen LogP) is 5.30. The van der Waals surface area contributed by atoms with Crippen molar-refractivity contribution in [1.82, 2.24) is 15.5 Å². The molecule has 0 saturated carbocycles. The molecule has 3 amide bonds. The summed E-state index contributed by atoms with van der Waals surface area (Å²) in [6.07, 6.45) is 0.371. The number of hydrogen-bond acceptors (Lipinski definition) is 9. The lowest BCUT2D eigenvalue weighted by molar-refractivity contribution is -0.276. The number of esters is 1. The number of carbonyl (C=O) groups is 3. The predicted molar refractivity (Wildman–Crippen MR) is 208 cm³/mol. The lowest BCUT2D eigenvalue weighted by atomic mass is 9.84. The number of anilines is 2. The number of aliphatic hydroxyl groups excluding tert-OH is 1. The van der Waals surface area contributed by atoms with Crippen LogP contribution in [0.3, 0.4) is 0 Å². The van der Waals surface area contributed by atoms with E-state index in [0.29, 0.717) is 31.7 Å². The summed E-state index contributed by atoms with van der Waals surface area (Å²) in [4.78, 5) is 43.7. The molecule has 12 heteroatoms. The molecule has 0 unspecified atom stereocenters. The molecule has 3 fully saturated rings. The summed E-state index contributed by atoms with van der Waals surface area (Å²) >= 11 is 0. The number of aliphatic hydroxyl groups is 1. The topological polar surface area (TPSA) is 142 Å². The van der Waals surface area contributed by atoms with Crippen molar-refractivity contribution in [1.29, 1.82) is 0 Å². The van der Waals surface area contributed by atoms with Crippen LogP contribution in [0.2, 0.25) is 0 Å². The third kappa shape index (κ3) is 8.52. The second-order valence-electron chi connectivity index (χ2n) is 14.6. The second-order valence-corrected chi connectivity index (χ2v) is 14.6. The van der Waals surface area contributed by atoms with Gasteiger partial charge in [0, 0.05) is 48.9 Å². The van der Waals surface area contributed by atoms with Gasteiger partial charge in [-0.1, -0.05) is 91.9 Å². The number of amides is 3. The van der Waals surface area contributed by atoms with E-state index in [2.05, 4.69) is 44.8 Å². The van der Waals surface area contributed by atoms with Gasteiger partial charge in [-0.25, -0.2) is 9.59 Å². The zero-order valence-corrected chi connectivity index (χ0v) is 31.2. The largest absolute Gasteiger partial charge is 0.467 e. The molecule has 55 heavy (non-hydrogen) atoms. The molecule has 1 spiro atoms. The number of likely N-dealkylation sites (tertiary alicyclic amines) is 1. The van der Waals surface area contributed by atoms with Crippen LogP contribution >= 0.6 is 0 Å². The number of ether oxygens (including phenoxy) is 3. The quantitative estimate of drug-likeness (QED) is 0.150. The fourth-order valence-electron chi connectivity index (χ4n) is 7.99. The minimum absolute atomic E-state index is 0.0327. The van der Waals surface area contributed by atoms with E-state index >= 15 is 0 Å². The van der Waals surface area contributed by atoms with Crippen molar-refractivity contribution in [2.24, 2.45) is 5.92 Å². The number of nitrogens with one attached hydrogen (secondary N) is 3. The van der Waals surface area contributed by atoms with Gasteiger partial charge in [0.2, 0.25) is 5.91 Å². The Kier molecular flexibility index (Phi) is 11.8. The second kappa shape index (κ2) is 17.0. The average molecular weight is 748 g/mol. The SMILES string of the molecule is COC(=O)[C@H](Cc1ccccc1)NC(=O)Nc1cccc([C@H]2O[C@@H](CN3CCC4(CC3)C(=O)NCN4c3ccccc3)[C@@H](C)[C@@H](c3ccc(CO)cc3)O2)c1. The van der Waals surface area contributed by atoms with Crippen LogP contribution in [0.25, 0.3) is 0 Å². The molecule has 3 saturated heterocycles. The molecule has 12 nitrogen and oxygen atoms in total. The highest BCUT2D eigenvalue weighted by Crippen LogP contribution is 2.43. The lowest BCUT2D eigenvalue weighted by Crippen LogP contribution is -2.57. The van der Waals surface area contributed by atoms with E-state index in [1.807, 2.05) is 91.0 Å². The number of carbonyl (C=O) groups excluding carboxylic acids is 3. The van der Waals surface area contributed by atoms with Gasteiger partial charge in [0.1, 0.15) is 11.6 Å². The maximum atomic E-state index is 13.3. The molecule has 5 atom stereocenters. The van der Waals surface area contributed by atoms with Crippen molar-refractivity contribution in [3.8, 4) is 0 Å². The van der Waals surface area contributed by atoms with E-state index in [0.717, 1.165) is 41.0 Å². The van der Waals surface area contributed by atoms with Crippen LogP contribution in [-0.2, 0) is 36.8 Å². The molecule has 7 rings (SSSR count). The minimum Gasteiger partial charge on any atom is -0.467 e. The Balaban J connectivity index is 1.06. The fraction of sp³-hybridized carbons (Fsp3) is 0.372. The van der Waals surface area contributed by atoms with Crippen molar-refractivity contribution in [2.75, 3.05) is 43.6 Å². The molecular weight excluding hydrogens is 699 g/mol. The van der Waals surface area contributed by atoms with Gasteiger partial charge in [-0.3, -0.25) is 4.79 Å². The van der Waals surface area contributed by atoms with Gasteiger partial charge < -0.3 is 45.1 Å². The molecule has 4 aromatic carbocycles. The Morgan fingerprint density at radius 3 is 2.31 bits per heavy atom. The third-order valence-corrected chi connectivity index (χ3v) is 11.1. The molecule has 4 N–H and O–H groups in total. The van der Waals surface area contributed by atoms with Crippen LogP contribution in [0, 0.1) is 5.92 Å². The molecule has 0 radical (unpaired) electrons. The summed E-state index contributed by atoms with van der Waals surface area (Å²) in [7, 11) is 1.30. The Labute approximate surface area is 321 Å². The number of para-hydroxylation sites is 1. The Morgan fingerprint density at radius 2 is 1.62 bits per heavy atom. The molecule has 0 aromatic heterocycles. The highest BCUT2D eigenvalue weighted by atomic mass is 16.7. The van der Waals surface area contributed by atoms with E-state index in [-0.39, 0.29) is 37.1 Å². The first-order chi connectivity index (χ1) is 26.8. The average Bonchev–Trinajstić information content (AvgIpc) is 3.53. The van der Waals surface area contributed by atoms with E-state index in [1.54, 1.807) is 6.07 Å². The summed E-state index contributed by atoms with van der Waals surface area (Å²) in [6.45, 7) is 4.69. The molecular formula is C43H49N5O7. The minimum atomic E-state index is -0.880. The van der Waals surface area contributed by atoms with Crippen LogP contribution in [0.4, 0.5) is 16.2 Å². The summed E-state index contributed by atoms with van der Waals surface area (Å²) in [6, 6.07) is 33.2. The smallest absolute Gasteiger partial charge is 0.328 e. The third-order valence-electron chi connectivity index (χ3n) is 11.1. The van der Waals surface area contributed by atoms with Gasteiger partial charge in [0.15, 0.2) is 6.29 Å². The molecule has 3 aliphatic rings. The van der Waals surface area contributed by atoms with Gasteiger partial charge in [-0.05, 0) is 53.8 Å². The summed E-state index contributed by atoms with van der Waals surface area (Å²) < 4.78 is 18.4. The number of benzene rings is 4. The van der Waals surface area contributed by atoms with Crippen molar-refractivity contribution in [3.63, 3.8) is 0 Å². The molecule has 3 heterocycles. The standard InChI is InChI=1S/C43H49N5O7/c1-29-37(26-47-22-20-43(21-23-47)41(51)44-28-48(43)35-14-7-4-8-15-35)54-40(55-38(29)32-18-16-31(27-49)17-19-32)33-12-9-13-34(25-33)45-42(52)46-36(39(50)53-2)24-30-10-5-3-6-11-30/h3-19,25,29,36-38,40,49H,20-24,26-28H2,1-2H3,(H,44,51)(H2,45,46,52)/t29-,36+,37+,38+,40+/m1/s1. The number of hydrogen-bond donors (Lipinski definition) is 4. The first-order valence-corrected chi connectivity index (χ1v) is 18.9. The van der Waals surface area contributed by atoms with Gasteiger partial charge in [0.25, 0.3) is 0 Å². The lowest BCUT2D eigenvalue weighted by Gasteiger charge is -2.46. The summed E-state index contributed by atoms with van der Waals surface area (Å²) in [5.74, 6) is -0.495. The van der Waals surface area contributed by atoms with Crippen LogP contribution in [-0.4, -0.2) is 79.0 Å². The highest BCUT2D eigenvalue weighted by molar-refractivity contribution is 5.94. The van der Waals surface area contributed by atoms with Crippen molar-refractivity contribution >= 4 is 29.3 Å². The Morgan fingerprint density at radius 1 is 0.909 bits per heavy atom. The fourth-order valence-corrected chi connectivity index (χ4v) is 7.99. The van der Waals surface area contributed by atoms with E-state index in [9.17, 15) is 19.5 Å². The monoisotopic (exact) mass is 747 g/mol. The van der Waals surface area contributed by atoms with Crippen molar-refractivity contribution in [3.05, 3.63) is 131 Å². The number of methoxy groups -OCH3 is 1. The van der Waals surface area contributed by atoms with E-state index in [4.69, 9.17) is 14.2 Å².